The van der Waals surface area contributed by atoms with E-state index in [1.54, 1.807) is 0 Å². The van der Waals surface area contributed by atoms with E-state index in [1.165, 1.54) is 0 Å². The van der Waals surface area contributed by atoms with Gasteiger partial charge in [0.1, 0.15) is 5.82 Å². The van der Waals surface area contributed by atoms with Gasteiger partial charge in [0, 0.05) is 25.8 Å². The second-order valence-corrected chi connectivity index (χ2v) is 8.09. The first-order valence-corrected chi connectivity index (χ1v) is 10.3. The molecule has 3 aromatic heterocycles. The minimum absolute atomic E-state index is 0. The van der Waals surface area contributed by atoms with Crippen molar-refractivity contribution in [3.63, 3.8) is 0 Å². The van der Waals surface area contributed by atoms with E-state index in [0.717, 1.165) is 73.9 Å². The second-order valence-electron chi connectivity index (χ2n) is 8.09. The predicted molar refractivity (Wildman–Crippen MR) is 128 cm³/mol. The summed E-state index contributed by atoms with van der Waals surface area (Å²) in [6.07, 6.45) is 7.69. The summed E-state index contributed by atoms with van der Waals surface area (Å²) in [6, 6.07) is 4.06. The molecule has 0 saturated carbocycles. The van der Waals surface area contributed by atoms with Gasteiger partial charge in [0.15, 0.2) is 17.0 Å². The number of anilines is 3. The van der Waals surface area contributed by atoms with E-state index in [4.69, 9.17) is 21.4 Å². The molecule has 2 aliphatic rings. The van der Waals surface area contributed by atoms with Crippen LogP contribution in [-0.4, -0.2) is 57.9 Å². The van der Waals surface area contributed by atoms with Crippen molar-refractivity contribution in [2.24, 2.45) is 16.9 Å². The molecule has 2 aliphatic heterocycles. The number of nitrogens with zero attached hydrogens (tertiary/aromatic N) is 6. The third-order valence-corrected chi connectivity index (χ3v) is 6.46. The highest BCUT2D eigenvalue weighted by Crippen LogP contribution is 2.35. The molecule has 0 atom stereocenters. The van der Waals surface area contributed by atoms with Crippen LogP contribution in [0.5, 0.6) is 0 Å². The van der Waals surface area contributed by atoms with E-state index >= 15 is 0 Å². The molecule has 11 heteroatoms. The van der Waals surface area contributed by atoms with Crippen LogP contribution in [0.2, 0.25) is 0 Å². The fourth-order valence-electron chi connectivity index (χ4n) is 4.44. The van der Waals surface area contributed by atoms with E-state index in [0.29, 0.717) is 18.7 Å². The molecule has 168 valence electrons. The third-order valence-electron chi connectivity index (χ3n) is 6.46. The number of pyridine rings is 1. The molecule has 0 aromatic carbocycles. The number of halogens is 2. The molecule has 0 radical (unpaired) electrons. The number of nitrogens with two attached hydrogens (primary N) is 2. The Morgan fingerprint density at radius 1 is 1.06 bits per heavy atom. The van der Waals surface area contributed by atoms with Crippen LogP contribution >= 0.6 is 24.8 Å². The molecule has 31 heavy (non-hydrogen) atoms. The van der Waals surface area contributed by atoms with Crippen LogP contribution in [0.25, 0.3) is 11.2 Å². The molecule has 0 bridgehead atoms. The van der Waals surface area contributed by atoms with Gasteiger partial charge in [-0.05, 0) is 56.3 Å². The zero-order chi connectivity index (χ0) is 19.8. The molecule has 0 amide bonds. The molecular weight excluding hydrogens is 437 g/mol. The number of hydrogen-bond donors (Lipinski definition) is 3. The van der Waals surface area contributed by atoms with Gasteiger partial charge in [-0.1, -0.05) is 0 Å². The van der Waals surface area contributed by atoms with Gasteiger partial charge in [0.05, 0.1) is 17.6 Å². The Hall–Kier alpha value is -2.20. The van der Waals surface area contributed by atoms with E-state index in [1.807, 2.05) is 18.5 Å². The highest BCUT2D eigenvalue weighted by molar-refractivity contribution is 5.87. The van der Waals surface area contributed by atoms with Crippen LogP contribution in [-0.2, 0) is 6.42 Å². The quantitative estimate of drug-likeness (QED) is 0.534. The number of aromatic amines is 1. The molecule has 5 N–H and O–H groups in total. The van der Waals surface area contributed by atoms with E-state index in [9.17, 15) is 0 Å². The fourth-order valence-corrected chi connectivity index (χ4v) is 4.44. The maximum absolute atomic E-state index is 5.97. The number of H-pyrrole nitrogens is 1. The van der Waals surface area contributed by atoms with Crippen LogP contribution in [0.15, 0.2) is 24.5 Å². The number of rotatable bonds is 4. The summed E-state index contributed by atoms with van der Waals surface area (Å²) in [5.41, 5.74) is 15.7. The number of nitrogens with one attached hydrogen (secondary N) is 1. The minimum atomic E-state index is 0. The topological polar surface area (TPSA) is 126 Å². The molecule has 3 aromatic rings. The fraction of sp³-hybridized carbons (Fsp3) is 0.500. The van der Waals surface area contributed by atoms with Gasteiger partial charge < -0.3 is 21.3 Å². The average Bonchev–Trinajstić information content (AvgIpc) is 3.22. The molecule has 0 spiro atoms. The summed E-state index contributed by atoms with van der Waals surface area (Å²) in [5, 5.41) is 7.63. The highest BCUT2D eigenvalue weighted by atomic mass is 35.5. The Morgan fingerprint density at radius 2 is 1.84 bits per heavy atom. The first-order chi connectivity index (χ1) is 14.2. The van der Waals surface area contributed by atoms with Gasteiger partial charge in [-0.3, -0.25) is 10.1 Å². The van der Waals surface area contributed by atoms with Gasteiger partial charge in [0.2, 0.25) is 0 Å². The maximum atomic E-state index is 5.97. The molecule has 0 aliphatic carbocycles. The zero-order valence-corrected chi connectivity index (χ0v) is 19.0. The number of hydrogen-bond acceptors (Lipinski definition) is 8. The molecule has 5 heterocycles. The molecule has 5 rings (SSSR count). The minimum Gasteiger partial charge on any atom is -0.355 e. The van der Waals surface area contributed by atoms with Gasteiger partial charge in [-0.15, -0.1) is 24.8 Å². The zero-order valence-electron chi connectivity index (χ0n) is 17.3. The Labute approximate surface area is 193 Å². The molecule has 1 fully saturated rings. The lowest BCUT2D eigenvalue weighted by Gasteiger charge is -2.40. The molecule has 1 saturated heterocycles. The van der Waals surface area contributed by atoms with Crippen molar-refractivity contribution in [2.45, 2.75) is 25.7 Å². The van der Waals surface area contributed by atoms with Gasteiger partial charge in [-0.25, -0.2) is 9.97 Å². The summed E-state index contributed by atoms with van der Waals surface area (Å²) in [5.74, 6) is 1.69. The van der Waals surface area contributed by atoms with Crippen molar-refractivity contribution in [2.75, 3.05) is 42.5 Å². The standard InChI is InChI=1S/C20H27N9.2ClH/c21-12-20(13-22)5-9-28(10-6-20)16-11-24-17-18(25-16)26-27-19(17)29-8-2-3-14-15(29)4-1-7-23-14;;/h1,4,7,11H,2-3,5-6,8-10,12-13,21-22H2,(H,25,26,27);2*1H. The van der Waals surface area contributed by atoms with Crippen LogP contribution in [0.1, 0.15) is 25.0 Å². The van der Waals surface area contributed by atoms with E-state index in [2.05, 4.69) is 31.0 Å². The smallest absolute Gasteiger partial charge is 0.183 e. The second kappa shape index (κ2) is 9.52. The maximum Gasteiger partial charge on any atom is 0.183 e. The van der Waals surface area contributed by atoms with Crippen LogP contribution < -0.4 is 21.3 Å². The Morgan fingerprint density at radius 3 is 2.58 bits per heavy atom. The Bertz CT molecular complexity index is 1010. The normalized spacial score (nSPS) is 17.6. The van der Waals surface area contributed by atoms with Gasteiger partial charge in [0.25, 0.3) is 0 Å². The lowest BCUT2D eigenvalue weighted by molar-refractivity contribution is 0.238. The summed E-state index contributed by atoms with van der Waals surface area (Å²) in [7, 11) is 0. The number of fused-ring (bicyclic) bond motifs is 2. The summed E-state index contributed by atoms with van der Waals surface area (Å²) in [6.45, 7) is 3.95. The van der Waals surface area contributed by atoms with Crippen molar-refractivity contribution < 1.29 is 0 Å². The largest absolute Gasteiger partial charge is 0.355 e. The third kappa shape index (κ3) is 4.15. The summed E-state index contributed by atoms with van der Waals surface area (Å²) < 4.78 is 0. The van der Waals surface area contributed by atoms with Crippen LogP contribution in [0.3, 0.4) is 0 Å². The lowest BCUT2D eigenvalue weighted by Crippen LogP contribution is -2.48. The summed E-state index contributed by atoms with van der Waals surface area (Å²) >= 11 is 0. The van der Waals surface area contributed by atoms with E-state index < -0.39 is 0 Å². The average molecular weight is 466 g/mol. The molecule has 0 unspecified atom stereocenters. The van der Waals surface area contributed by atoms with Crippen molar-refractivity contribution in [3.05, 3.63) is 30.2 Å². The SMILES string of the molecule is Cl.Cl.NCC1(CN)CCN(c2cnc3c(N4CCCc5ncccc54)n[nH]c3n2)CC1. The summed E-state index contributed by atoms with van der Waals surface area (Å²) in [4.78, 5) is 18.5. The molecule has 9 nitrogen and oxygen atoms in total. The van der Waals surface area contributed by atoms with Crippen molar-refractivity contribution in [1.29, 1.82) is 0 Å². The predicted octanol–water partition coefficient (Wildman–Crippen LogP) is 2.18. The van der Waals surface area contributed by atoms with Crippen molar-refractivity contribution in [3.8, 4) is 0 Å². The first-order valence-electron chi connectivity index (χ1n) is 10.3. The number of piperidine rings is 1. The highest BCUT2D eigenvalue weighted by Gasteiger charge is 2.33. The van der Waals surface area contributed by atoms with Crippen LogP contribution in [0, 0.1) is 5.41 Å². The monoisotopic (exact) mass is 465 g/mol. The van der Waals surface area contributed by atoms with Gasteiger partial charge in [-0.2, -0.15) is 5.10 Å². The Kier molecular flexibility index (Phi) is 7.20. The number of aryl methyl sites for hydroxylation is 1. The van der Waals surface area contributed by atoms with Crippen LogP contribution in [0.4, 0.5) is 17.3 Å². The Balaban J connectivity index is 0.00000136. The first kappa shape index (κ1) is 23.5. The van der Waals surface area contributed by atoms with Gasteiger partial charge >= 0.3 is 0 Å². The van der Waals surface area contributed by atoms with Crippen molar-refractivity contribution >= 4 is 53.3 Å². The number of aromatic nitrogens is 5. The van der Waals surface area contributed by atoms with Crippen molar-refractivity contribution in [1.82, 2.24) is 25.1 Å². The molecular formula is C20H29Cl2N9. The van der Waals surface area contributed by atoms with E-state index in [-0.39, 0.29) is 30.2 Å². The lowest BCUT2D eigenvalue weighted by atomic mass is 9.78.